The summed E-state index contributed by atoms with van der Waals surface area (Å²) >= 11 is 0. The van der Waals surface area contributed by atoms with E-state index in [1.54, 1.807) is 0 Å². The van der Waals surface area contributed by atoms with Crippen LogP contribution in [0.3, 0.4) is 0 Å². The standard InChI is InChI=1S/C20H31NO3/c1-3-19(22)10-13-24-20(16-19)8-11-21(12-9-20)15-17-6-5-7-18(14-17)23-4-2/h5-7,14,22H,3-4,8-13,15-16H2,1-2H3. The fraction of sp³-hybridized carbons (Fsp3) is 0.700. The number of hydrogen-bond donors (Lipinski definition) is 1. The Morgan fingerprint density at radius 2 is 2.00 bits per heavy atom. The first kappa shape index (κ1) is 17.7. The maximum atomic E-state index is 10.7. The summed E-state index contributed by atoms with van der Waals surface area (Å²) in [6, 6.07) is 8.39. The number of benzene rings is 1. The van der Waals surface area contributed by atoms with Crippen molar-refractivity contribution in [1.29, 1.82) is 0 Å². The molecule has 1 unspecified atom stereocenters. The first-order valence-corrected chi connectivity index (χ1v) is 9.37. The van der Waals surface area contributed by atoms with Crippen LogP contribution in [0, 0.1) is 0 Å². The molecule has 0 radical (unpaired) electrons. The van der Waals surface area contributed by atoms with Gasteiger partial charge >= 0.3 is 0 Å². The minimum absolute atomic E-state index is 0.104. The average Bonchev–Trinajstić information content (AvgIpc) is 2.58. The maximum Gasteiger partial charge on any atom is 0.119 e. The molecule has 0 saturated carbocycles. The highest BCUT2D eigenvalue weighted by molar-refractivity contribution is 5.28. The summed E-state index contributed by atoms with van der Waals surface area (Å²) in [4.78, 5) is 2.49. The normalized spacial score (nSPS) is 27.3. The number of ether oxygens (including phenoxy) is 2. The van der Waals surface area contributed by atoms with Gasteiger partial charge in [0.2, 0.25) is 0 Å². The van der Waals surface area contributed by atoms with Crippen LogP contribution in [0.25, 0.3) is 0 Å². The van der Waals surface area contributed by atoms with Crippen molar-refractivity contribution in [2.45, 2.75) is 63.7 Å². The van der Waals surface area contributed by atoms with E-state index in [4.69, 9.17) is 9.47 Å². The van der Waals surface area contributed by atoms with Gasteiger partial charge in [-0.25, -0.2) is 0 Å². The topological polar surface area (TPSA) is 41.9 Å². The monoisotopic (exact) mass is 333 g/mol. The van der Waals surface area contributed by atoms with Crippen LogP contribution in [-0.2, 0) is 11.3 Å². The Morgan fingerprint density at radius 3 is 2.71 bits per heavy atom. The van der Waals surface area contributed by atoms with E-state index in [-0.39, 0.29) is 5.60 Å². The van der Waals surface area contributed by atoms with E-state index in [0.29, 0.717) is 13.2 Å². The van der Waals surface area contributed by atoms with Crippen LogP contribution in [0.4, 0.5) is 0 Å². The molecule has 2 fully saturated rings. The van der Waals surface area contributed by atoms with E-state index in [9.17, 15) is 5.11 Å². The number of likely N-dealkylation sites (tertiary alicyclic amines) is 1. The van der Waals surface area contributed by atoms with Crippen molar-refractivity contribution >= 4 is 0 Å². The summed E-state index contributed by atoms with van der Waals surface area (Å²) in [7, 11) is 0. The van der Waals surface area contributed by atoms with Gasteiger partial charge in [-0.1, -0.05) is 19.1 Å². The Labute approximate surface area is 145 Å². The lowest BCUT2D eigenvalue weighted by atomic mass is 9.76. The molecule has 2 aliphatic heterocycles. The fourth-order valence-electron chi connectivity index (χ4n) is 4.10. The first-order valence-electron chi connectivity index (χ1n) is 9.37. The van der Waals surface area contributed by atoms with Crippen LogP contribution in [-0.4, -0.2) is 47.5 Å². The molecule has 4 nitrogen and oxygen atoms in total. The molecular formula is C20H31NO3. The largest absolute Gasteiger partial charge is 0.494 e. The van der Waals surface area contributed by atoms with E-state index >= 15 is 0 Å². The molecular weight excluding hydrogens is 302 g/mol. The molecule has 2 aliphatic rings. The van der Waals surface area contributed by atoms with Crippen LogP contribution in [0.5, 0.6) is 5.75 Å². The Kier molecular flexibility index (Phi) is 5.48. The zero-order chi connectivity index (χ0) is 17.0. The molecule has 2 heterocycles. The second-order valence-electron chi connectivity index (χ2n) is 7.39. The van der Waals surface area contributed by atoms with Gasteiger partial charge in [-0.05, 0) is 50.3 Å². The van der Waals surface area contributed by atoms with E-state index in [2.05, 4.69) is 30.0 Å². The number of piperidine rings is 1. The smallest absolute Gasteiger partial charge is 0.119 e. The molecule has 1 aromatic rings. The van der Waals surface area contributed by atoms with Crippen molar-refractivity contribution in [3.05, 3.63) is 29.8 Å². The maximum absolute atomic E-state index is 10.7. The lowest BCUT2D eigenvalue weighted by molar-refractivity contribution is -0.179. The molecule has 0 aromatic heterocycles. The summed E-state index contributed by atoms with van der Waals surface area (Å²) in [5.74, 6) is 0.951. The van der Waals surface area contributed by atoms with Gasteiger partial charge in [0.15, 0.2) is 0 Å². The Balaban J connectivity index is 1.56. The molecule has 0 amide bonds. The quantitative estimate of drug-likeness (QED) is 0.897. The summed E-state index contributed by atoms with van der Waals surface area (Å²) in [6.45, 7) is 8.50. The molecule has 0 aliphatic carbocycles. The Bertz CT molecular complexity index is 539. The highest BCUT2D eigenvalue weighted by atomic mass is 16.5. The van der Waals surface area contributed by atoms with Gasteiger partial charge in [0, 0.05) is 26.1 Å². The minimum atomic E-state index is -0.522. The molecule has 134 valence electrons. The third-order valence-electron chi connectivity index (χ3n) is 5.67. The second-order valence-corrected chi connectivity index (χ2v) is 7.39. The third-order valence-corrected chi connectivity index (χ3v) is 5.67. The van der Waals surface area contributed by atoms with Gasteiger partial charge in [0.05, 0.1) is 24.4 Å². The predicted octanol–water partition coefficient (Wildman–Crippen LogP) is 3.37. The minimum Gasteiger partial charge on any atom is -0.494 e. The molecule has 2 saturated heterocycles. The molecule has 1 N–H and O–H groups in total. The van der Waals surface area contributed by atoms with Crippen LogP contribution >= 0.6 is 0 Å². The third kappa shape index (κ3) is 4.11. The van der Waals surface area contributed by atoms with Crippen molar-refractivity contribution in [2.75, 3.05) is 26.3 Å². The molecule has 4 heteroatoms. The first-order chi connectivity index (χ1) is 11.6. The van der Waals surface area contributed by atoms with Crippen LogP contribution in [0.1, 0.15) is 51.5 Å². The zero-order valence-corrected chi connectivity index (χ0v) is 15.1. The highest BCUT2D eigenvalue weighted by Gasteiger charge is 2.45. The molecule has 24 heavy (non-hydrogen) atoms. The molecule has 1 atom stereocenters. The van der Waals surface area contributed by atoms with Crippen molar-refractivity contribution in [3.63, 3.8) is 0 Å². The van der Waals surface area contributed by atoms with Gasteiger partial charge in [-0.2, -0.15) is 0 Å². The highest BCUT2D eigenvalue weighted by Crippen LogP contribution is 2.41. The average molecular weight is 333 g/mol. The Morgan fingerprint density at radius 1 is 1.21 bits per heavy atom. The van der Waals surface area contributed by atoms with Crippen molar-refractivity contribution < 1.29 is 14.6 Å². The SMILES string of the molecule is CCOc1cccc(CN2CCC3(CC2)CC(O)(CC)CCO3)c1. The molecule has 3 rings (SSSR count). The van der Waals surface area contributed by atoms with Crippen molar-refractivity contribution in [1.82, 2.24) is 4.90 Å². The summed E-state index contributed by atoms with van der Waals surface area (Å²) in [6.07, 6.45) is 4.43. The number of rotatable bonds is 5. The van der Waals surface area contributed by atoms with Gasteiger partial charge in [-0.15, -0.1) is 0 Å². The van der Waals surface area contributed by atoms with E-state index in [1.165, 1.54) is 5.56 Å². The summed E-state index contributed by atoms with van der Waals surface area (Å²) in [5.41, 5.74) is 0.672. The zero-order valence-electron chi connectivity index (χ0n) is 15.1. The summed E-state index contributed by atoms with van der Waals surface area (Å²) < 4.78 is 11.7. The fourth-order valence-corrected chi connectivity index (χ4v) is 4.10. The van der Waals surface area contributed by atoms with Gasteiger partial charge in [0.1, 0.15) is 5.75 Å². The van der Waals surface area contributed by atoms with E-state index in [0.717, 1.165) is 57.5 Å². The predicted molar refractivity (Wildman–Crippen MR) is 95.3 cm³/mol. The summed E-state index contributed by atoms with van der Waals surface area (Å²) in [5, 5.41) is 10.7. The molecule has 0 bridgehead atoms. The van der Waals surface area contributed by atoms with Gasteiger partial charge < -0.3 is 14.6 Å². The molecule has 1 aromatic carbocycles. The van der Waals surface area contributed by atoms with Crippen LogP contribution in [0.15, 0.2) is 24.3 Å². The van der Waals surface area contributed by atoms with Crippen molar-refractivity contribution in [3.8, 4) is 5.75 Å². The number of nitrogens with zero attached hydrogens (tertiary/aromatic N) is 1. The Hall–Kier alpha value is -1.10. The van der Waals surface area contributed by atoms with Crippen molar-refractivity contribution in [2.24, 2.45) is 0 Å². The number of aliphatic hydroxyl groups is 1. The lowest BCUT2D eigenvalue weighted by Crippen LogP contribution is -2.54. The van der Waals surface area contributed by atoms with E-state index in [1.807, 2.05) is 13.0 Å². The van der Waals surface area contributed by atoms with Gasteiger partial charge in [-0.3, -0.25) is 4.90 Å². The van der Waals surface area contributed by atoms with Crippen LogP contribution in [0.2, 0.25) is 0 Å². The van der Waals surface area contributed by atoms with E-state index < -0.39 is 5.60 Å². The lowest BCUT2D eigenvalue weighted by Gasteiger charge is -2.49. The van der Waals surface area contributed by atoms with Crippen LogP contribution < -0.4 is 4.74 Å². The van der Waals surface area contributed by atoms with Gasteiger partial charge in [0.25, 0.3) is 0 Å². The molecule has 1 spiro atoms. The second kappa shape index (κ2) is 7.42. The number of hydrogen-bond acceptors (Lipinski definition) is 4.